The standard InChI is InChI=1S/C20H20N2O5/c1-12-11-16-18(20(23)26-12)17(13-7-9-15(10-8-13)22(24)25)19(27-16)21-14-5-3-2-4-6-14/h7-11,14,21H,2-6H2,1H3. The fourth-order valence-electron chi connectivity index (χ4n) is 3.72. The molecule has 140 valence electrons. The summed E-state index contributed by atoms with van der Waals surface area (Å²) in [4.78, 5) is 23.0. The van der Waals surface area contributed by atoms with Crippen LogP contribution in [0.5, 0.6) is 0 Å². The van der Waals surface area contributed by atoms with E-state index < -0.39 is 10.5 Å². The number of furan rings is 1. The van der Waals surface area contributed by atoms with Crippen LogP contribution >= 0.6 is 0 Å². The van der Waals surface area contributed by atoms with Gasteiger partial charge < -0.3 is 14.2 Å². The fourth-order valence-corrected chi connectivity index (χ4v) is 3.72. The number of non-ortho nitro benzene ring substituents is 1. The van der Waals surface area contributed by atoms with Gasteiger partial charge in [-0.25, -0.2) is 4.79 Å². The van der Waals surface area contributed by atoms with Crippen LogP contribution < -0.4 is 10.9 Å². The van der Waals surface area contributed by atoms with Gasteiger partial charge in [0.2, 0.25) is 5.88 Å². The number of nitrogens with one attached hydrogen (secondary N) is 1. The molecule has 0 bridgehead atoms. The number of aryl methyl sites for hydroxylation is 1. The zero-order chi connectivity index (χ0) is 19.0. The highest BCUT2D eigenvalue weighted by atomic mass is 16.6. The first kappa shape index (κ1) is 17.3. The van der Waals surface area contributed by atoms with Crippen molar-refractivity contribution >= 4 is 22.5 Å². The topological polar surface area (TPSA) is 98.5 Å². The summed E-state index contributed by atoms with van der Waals surface area (Å²) in [6.07, 6.45) is 5.64. The van der Waals surface area contributed by atoms with Crippen LogP contribution in [0, 0.1) is 17.0 Å². The number of rotatable bonds is 4. The lowest BCUT2D eigenvalue weighted by molar-refractivity contribution is -0.384. The van der Waals surface area contributed by atoms with E-state index in [1.807, 2.05) is 0 Å². The Morgan fingerprint density at radius 2 is 1.81 bits per heavy atom. The summed E-state index contributed by atoms with van der Waals surface area (Å²) in [5.41, 5.74) is 1.25. The first-order valence-electron chi connectivity index (χ1n) is 9.11. The second-order valence-electron chi connectivity index (χ2n) is 6.97. The average molecular weight is 368 g/mol. The van der Waals surface area contributed by atoms with Gasteiger partial charge in [0.25, 0.3) is 5.69 Å². The maximum absolute atomic E-state index is 12.5. The van der Waals surface area contributed by atoms with E-state index in [2.05, 4.69) is 5.32 Å². The van der Waals surface area contributed by atoms with Gasteiger partial charge in [-0.05, 0) is 37.5 Å². The Kier molecular flexibility index (Phi) is 4.43. The Morgan fingerprint density at radius 3 is 2.48 bits per heavy atom. The molecule has 3 aromatic rings. The molecular weight excluding hydrogens is 348 g/mol. The van der Waals surface area contributed by atoms with E-state index in [-0.39, 0.29) is 11.7 Å². The maximum atomic E-state index is 12.5. The average Bonchev–Trinajstić information content (AvgIpc) is 3.00. The molecule has 1 aromatic carbocycles. The summed E-state index contributed by atoms with van der Waals surface area (Å²) in [6, 6.07) is 8.09. The molecule has 1 fully saturated rings. The van der Waals surface area contributed by atoms with E-state index in [0.29, 0.717) is 33.7 Å². The fraction of sp³-hybridized carbons (Fsp3) is 0.350. The van der Waals surface area contributed by atoms with Crippen molar-refractivity contribution in [1.82, 2.24) is 0 Å². The molecule has 1 aliphatic rings. The van der Waals surface area contributed by atoms with E-state index in [0.717, 1.165) is 25.7 Å². The second kappa shape index (κ2) is 6.90. The van der Waals surface area contributed by atoms with Crippen LogP contribution in [-0.4, -0.2) is 11.0 Å². The normalized spacial score (nSPS) is 15.1. The highest BCUT2D eigenvalue weighted by Gasteiger charge is 2.23. The first-order valence-corrected chi connectivity index (χ1v) is 9.11. The third-order valence-corrected chi connectivity index (χ3v) is 5.03. The molecule has 0 amide bonds. The number of nitrogens with zero attached hydrogens (tertiary/aromatic N) is 1. The molecule has 1 aliphatic carbocycles. The molecule has 2 heterocycles. The third-order valence-electron chi connectivity index (χ3n) is 5.03. The number of benzene rings is 1. The van der Waals surface area contributed by atoms with Crippen molar-refractivity contribution < 1.29 is 13.8 Å². The highest BCUT2D eigenvalue weighted by Crippen LogP contribution is 2.39. The molecule has 0 spiro atoms. The minimum Gasteiger partial charge on any atom is -0.440 e. The van der Waals surface area contributed by atoms with Gasteiger partial charge in [-0.2, -0.15) is 0 Å². The smallest absolute Gasteiger partial charge is 0.347 e. The summed E-state index contributed by atoms with van der Waals surface area (Å²) in [5.74, 6) is 0.990. The van der Waals surface area contributed by atoms with Crippen molar-refractivity contribution in [2.24, 2.45) is 0 Å². The lowest BCUT2D eigenvalue weighted by Gasteiger charge is -2.23. The lowest BCUT2D eigenvalue weighted by Crippen LogP contribution is -2.22. The zero-order valence-electron chi connectivity index (χ0n) is 15.0. The molecule has 0 unspecified atom stereocenters. The molecule has 0 atom stereocenters. The molecule has 27 heavy (non-hydrogen) atoms. The first-order chi connectivity index (χ1) is 13.0. The van der Waals surface area contributed by atoms with Crippen molar-refractivity contribution in [2.75, 3.05) is 5.32 Å². The SMILES string of the molecule is Cc1cc2oc(NC3CCCCC3)c(-c3ccc([N+](=O)[O-])cc3)c2c(=O)o1. The van der Waals surface area contributed by atoms with Gasteiger partial charge >= 0.3 is 5.63 Å². The molecule has 2 aromatic heterocycles. The van der Waals surface area contributed by atoms with Crippen LogP contribution in [0.15, 0.2) is 44.0 Å². The van der Waals surface area contributed by atoms with Crippen molar-refractivity contribution in [2.45, 2.75) is 45.1 Å². The molecule has 7 nitrogen and oxygen atoms in total. The van der Waals surface area contributed by atoms with Crippen LogP contribution in [-0.2, 0) is 0 Å². The monoisotopic (exact) mass is 368 g/mol. The van der Waals surface area contributed by atoms with Crippen LogP contribution in [0.2, 0.25) is 0 Å². The molecule has 0 saturated heterocycles. The van der Waals surface area contributed by atoms with Crippen molar-refractivity contribution in [3.63, 3.8) is 0 Å². The molecule has 7 heteroatoms. The van der Waals surface area contributed by atoms with E-state index >= 15 is 0 Å². The third kappa shape index (κ3) is 3.32. The van der Waals surface area contributed by atoms with Gasteiger partial charge in [0.05, 0.1) is 10.5 Å². The van der Waals surface area contributed by atoms with E-state index in [1.165, 1.54) is 18.6 Å². The quantitative estimate of drug-likeness (QED) is 0.513. The summed E-state index contributed by atoms with van der Waals surface area (Å²) in [6.45, 7) is 1.70. The van der Waals surface area contributed by atoms with Gasteiger partial charge in [-0.3, -0.25) is 10.1 Å². The van der Waals surface area contributed by atoms with Crippen molar-refractivity contribution in [3.8, 4) is 11.1 Å². The molecule has 1 saturated carbocycles. The Hall–Kier alpha value is -3.09. The minimum absolute atomic E-state index is 0.00350. The number of hydrogen-bond acceptors (Lipinski definition) is 6. The molecular formula is C20H20N2O5. The van der Waals surface area contributed by atoms with Crippen LogP contribution in [0.1, 0.15) is 37.9 Å². The number of fused-ring (bicyclic) bond motifs is 1. The van der Waals surface area contributed by atoms with E-state index in [9.17, 15) is 14.9 Å². The van der Waals surface area contributed by atoms with E-state index in [1.54, 1.807) is 25.1 Å². The van der Waals surface area contributed by atoms with Gasteiger partial charge in [-0.15, -0.1) is 0 Å². The Labute approximate surface area is 155 Å². The summed E-state index contributed by atoms with van der Waals surface area (Å²) >= 11 is 0. The number of nitro benzene ring substituents is 1. The van der Waals surface area contributed by atoms with Crippen LogP contribution in [0.4, 0.5) is 11.6 Å². The Bertz CT molecular complexity index is 1040. The van der Waals surface area contributed by atoms with Gasteiger partial charge in [0, 0.05) is 24.2 Å². The predicted octanol–water partition coefficient (Wildman–Crippen LogP) is 5.01. The number of hydrogen-bond donors (Lipinski definition) is 1. The number of anilines is 1. The van der Waals surface area contributed by atoms with Gasteiger partial charge in [0.1, 0.15) is 16.7 Å². The number of nitro groups is 1. The molecule has 4 rings (SSSR count). The minimum atomic E-state index is -0.473. The largest absolute Gasteiger partial charge is 0.440 e. The Morgan fingerprint density at radius 1 is 1.11 bits per heavy atom. The highest BCUT2D eigenvalue weighted by molar-refractivity contribution is 5.99. The predicted molar refractivity (Wildman–Crippen MR) is 102 cm³/mol. The summed E-state index contributed by atoms with van der Waals surface area (Å²) in [5, 5.41) is 14.7. The lowest BCUT2D eigenvalue weighted by atomic mass is 9.95. The van der Waals surface area contributed by atoms with Crippen LogP contribution in [0.3, 0.4) is 0 Å². The van der Waals surface area contributed by atoms with Crippen molar-refractivity contribution in [1.29, 1.82) is 0 Å². The van der Waals surface area contributed by atoms with Gasteiger partial charge in [-0.1, -0.05) is 19.3 Å². The molecule has 1 N–H and O–H groups in total. The summed E-state index contributed by atoms with van der Waals surface area (Å²) in [7, 11) is 0. The van der Waals surface area contributed by atoms with E-state index in [4.69, 9.17) is 8.83 Å². The molecule has 0 aliphatic heterocycles. The van der Waals surface area contributed by atoms with Crippen LogP contribution in [0.25, 0.3) is 22.1 Å². The maximum Gasteiger partial charge on any atom is 0.347 e. The summed E-state index contributed by atoms with van der Waals surface area (Å²) < 4.78 is 11.3. The van der Waals surface area contributed by atoms with Crippen molar-refractivity contribution in [3.05, 3.63) is 56.6 Å². The molecule has 0 radical (unpaired) electrons. The second-order valence-corrected chi connectivity index (χ2v) is 6.97. The zero-order valence-corrected chi connectivity index (χ0v) is 15.0. The van der Waals surface area contributed by atoms with Gasteiger partial charge in [0.15, 0.2) is 0 Å². The Balaban J connectivity index is 1.85.